The van der Waals surface area contributed by atoms with E-state index in [1.165, 1.54) is 12.6 Å². The topological polar surface area (TPSA) is 31.2 Å². The average Bonchev–Trinajstić information content (AvgIpc) is 2.73. The maximum Gasteiger partial charge on any atom is 0.310 e. The Balaban J connectivity index is 2.21. The van der Waals surface area contributed by atoms with Crippen molar-refractivity contribution in [3.63, 3.8) is 0 Å². The molecule has 98 valence electrons. The molecule has 1 aromatic carbocycles. The van der Waals surface area contributed by atoms with Gasteiger partial charge in [-0.25, -0.2) is 0 Å². The zero-order valence-electron chi connectivity index (χ0n) is 11.2. The first-order valence-corrected chi connectivity index (χ1v) is 6.56. The molecule has 2 aromatic rings. The van der Waals surface area contributed by atoms with Gasteiger partial charge in [-0.15, -0.1) is 0 Å². The molecule has 0 saturated carbocycles. The van der Waals surface area contributed by atoms with Gasteiger partial charge in [0.15, 0.2) is 0 Å². The molecule has 0 spiro atoms. The highest BCUT2D eigenvalue weighted by Gasteiger charge is 2.20. The van der Waals surface area contributed by atoms with E-state index in [4.69, 9.17) is 4.74 Å². The van der Waals surface area contributed by atoms with Gasteiger partial charge in [0.2, 0.25) is 0 Å². The normalized spacial score (nSPS) is 17.5. The molecule has 19 heavy (non-hydrogen) atoms. The summed E-state index contributed by atoms with van der Waals surface area (Å²) in [5.41, 5.74) is 3.42. The number of carbonyl (C=O) groups excluding carboxylic acids is 1. The first kappa shape index (κ1) is 12.0. The van der Waals surface area contributed by atoms with Crippen molar-refractivity contribution >= 4 is 22.9 Å². The third-order valence-corrected chi connectivity index (χ3v) is 3.72. The average molecular weight is 255 g/mol. The van der Waals surface area contributed by atoms with Gasteiger partial charge in [0.1, 0.15) is 0 Å². The molecule has 0 fully saturated rings. The highest BCUT2D eigenvalue weighted by molar-refractivity contribution is 5.92. The van der Waals surface area contributed by atoms with Gasteiger partial charge >= 0.3 is 5.97 Å². The summed E-state index contributed by atoms with van der Waals surface area (Å²) in [5, 5.41) is 1.15. The summed E-state index contributed by atoms with van der Waals surface area (Å²) < 4.78 is 7.12. The quantitative estimate of drug-likeness (QED) is 0.772. The van der Waals surface area contributed by atoms with Gasteiger partial charge in [-0.05, 0) is 23.6 Å². The molecule has 0 amide bonds. The number of esters is 1. The van der Waals surface area contributed by atoms with Crippen LogP contribution in [-0.4, -0.2) is 17.6 Å². The molecular weight excluding hydrogens is 238 g/mol. The predicted molar refractivity (Wildman–Crippen MR) is 75.9 cm³/mol. The second-order valence-corrected chi connectivity index (χ2v) is 5.08. The Morgan fingerprint density at radius 2 is 2.21 bits per heavy atom. The molecular formula is C16H17NO2. The van der Waals surface area contributed by atoms with Gasteiger partial charge in [-0.2, -0.15) is 0 Å². The Bertz CT molecular complexity index is 667. The van der Waals surface area contributed by atoms with E-state index >= 15 is 0 Å². The number of methoxy groups -OCH3 is 1. The number of nitrogens with zero attached hydrogens (tertiary/aromatic N) is 1. The monoisotopic (exact) mass is 255 g/mol. The largest absolute Gasteiger partial charge is 0.469 e. The fourth-order valence-electron chi connectivity index (χ4n) is 2.79. The zero-order valence-corrected chi connectivity index (χ0v) is 11.2. The summed E-state index contributed by atoms with van der Waals surface area (Å²) in [4.78, 5) is 11.6. The number of fused-ring (bicyclic) bond motifs is 3. The summed E-state index contributed by atoms with van der Waals surface area (Å²) in [6.45, 7) is 3.17. The molecule has 3 rings (SSSR count). The first-order valence-electron chi connectivity index (χ1n) is 6.56. The van der Waals surface area contributed by atoms with E-state index in [9.17, 15) is 4.79 Å². The van der Waals surface area contributed by atoms with Gasteiger partial charge in [-0.1, -0.05) is 31.2 Å². The third kappa shape index (κ3) is 1.95. The van der Waals surface area contributed by atoms with E-state index < -0.39 is 0 Å². The second-order valence-electron chi connectivity index (χ2n) is 5.08. The maximum absolute atomic E-state index is 11.6. The van der Waals surface area contributed by atoms with Crippen LogP contribution >= 0.6 is 0 Å². The summed E-state index contributed by atoms with van der Waals surface area (Å²) in [5.74, 6) is 0.334. The van der Waals surface area contributed by atoms with E-state index in [1.54, 1.807) is 0 Å². The van der Waals surface area contributed by atoms with Gasteiger partial charge in [0.05, 0.1) is 13.5 Å². The number of carbonyl (C=O) groups is 1. The molecule has 3 nitrogen and oxygen atoms in total. The predicted octanol–water partition coefficient (Wildman–Crippen LogP) is 3.02. The van der Waals surface area contributed by atoms with Gasteiger partial charge in [0.25, 0.3) is 0 Å². The molecule has 1 aromatic heterocycles. The minimum absolute atomic E-state index is 0.189. The van der Waals surface area contributed by atoms with Crippen LogP contribution < -0.4 is 0 Å². The molecule has 2 heterocycles. The Labute approximate surface area is 112 Å². The van der Waals surface area contributed by atoms with Crippen molar-refractivity contribution in [2.75, 3.05) is 7.11 Å². The van der Waals surface area contributed by atoms with Crippen molar-refractivity contribution in [3.05, 3.63) is 41.6 Å². The molecule has 0 bridgehead atoms. The number of hydrogen-bond donors (Lipinski definition) is 0. The lowest BCUT2D eigenvalue weighted by atomic mass is 10.0. The van der Waals surface area contributed by atoms with Crippen LogP contribution in [0, 0.1) is 5.92 Å². The van der Waals surface area contributed by atoms with Crippen LogP contribution in [-0.2, 0) is 22.5 Å². The van der Waals surface area contributed by atoms with E-state index in [1.807, 2.05) is 12.1 Å². The molecule has 1 aliphatic heterocycles. The summed E-state index contributed by atoms with van der Waals surface area (Å²) in [6.07, 6.45) is 4.67. The van der Waals surface area contributed by atoms with E-state index in [2.05, 4.69) is 35.8 Å². The number of rotatable bonds is 2. The highest BCUT2D eigenvalue weighted by atomic mass is 16.5. The van der Waals surface area contributed by atoms with E-state index in [0.29, 0.717) is 12.3 Å². The maximum atomic E-state index is 11.6. The Hall–Kier alpha value is -2.03. The van der Waals surface area contributed by atoms with Crippen molar-refractivity contribution < 1.29 is 9.53 Å². The minimum Gasteiger partial charge on any atom is -0.469 e. The molecule has 0 aliphatic carbocycles. The number of para-hydroxylation sites is 1. The molecule has 1 unspecified atom stereocenters. The first-order chi connectivity index (χ1) is 9.20. The molecule has 0 saturated heterocycles. The van der Waals surface area contributed by atoms with Crippen molar-refractivity contribution in [1.82, 2.24) is 4.57 Å². The van der Waals surface area contributed by atoms with Crippen LogP contribution in [0.5, 0.6) is 0 Å². The smallest absolute Gasteiger partial charge is 0.310 e. The fourth-order valence-corrected chi connectivity index (χ4v) is 2.79. The van der Waals surface area contributed by atoms with Gasteiger partial charge < -0.3 is 9.30 Å². The lowest BCUT2D eigenvalue weighted by molar-refractivity contribution is -0.139. The van der Waals surface area contributed by atoms with Gasteiger partial charge in [-0.3, -0.25) is 4.79 Å². The lowest BCUT2D eigenvalue weighted by Crippen LogP contribution is -2.12. The van der Waals surface area contributed by atoms with Crippen LogP contribution in [0.2, 0.25) is 0 Å². The second kappa shape index (κ2) is 4.57. The summed E-state index contributed by atoms with van der Waals surface area (Å²) in [7, 11) is 1.44. The molecule has 0 radical (unpaired) electrons. The van der Waals surface area contributed by atoms with Crippen molar-refractivity contribution in [2.24, 2.45) is 5.92 Å². The van der Waals surface area contributed by atoms with Crippen LogP contribution in [0.3, 0.4) is 0 Å². The SMILES string of the molecule is COC(=O)Cc1c2n(c3ccccc13)CC(C)C=C2. The molecule has 3 heteroatoms. The Kier molecular flexibility index (Phi) is 2.90. The Morgan fingerprint density at radius 1 is 1.42 bits per heavy atom. The van der Waals surface area contributed by atoms with Crippen LogP contribution in [0.25, 0.3) is 17.0 Å². The summed E-state index contributed by atoms with van der Waals surface area (Å²) in [6, 6.07) is 8.26. The number of hydrogen-bond acceptors (Lipinski definition) is 2. The van der Waals surface area contributed by atoms with Gasteiger partial charge in [0, 0.05) is 23.1 Å². The Morgan fingerprint density at radius 3 is 3.00 bits per heavy atom. The van der Waals surface area contributed by atoms with Crippen LogP contribution in [0.1, 0.15) is 18.2 Å². The molecule has 0 N–H and O–H groups in total. The minimum atomic E-state index is -0.189. The van der Waals surface area contributed by atoms with Crippen molar-refractivity contribution in [3.8, 4) is 0 Å². The fraction of sp³-hybridized carbons (Fsp3) is 0.312. The van der Waals surface area contributed by atoms with E-state index in [0.717, 1.165) is 23.2 Å². The number of allylic oxidation sites excluding steroid dienone is 1. The summed E-state index contributed by atoms with van der Waals surface area (Å²) >= 11 is 0. The van der Waals surface area contributed by atoms with Crippen molar-refractivity contribution in [2.45, 2.75) is 19.9 Å². The number of aromatic nitrogens is 1. The van der Waals surface area contributed by atoms with Crippen LogP contribution in [0.4, 0.5) is 0 Å². The molecule has 1 atom stereocenters. The zero-order chi connectivity index (χ0) is 13.4. The van der Waals surface area contributed by atoms with Crippen molar-refractivity contribution in [1.29, 1.82) is 0 Å². The number of benzene rings is 1. The van der Waals surface area contributed by atoms with E-state index in [-0.39, 0.29) is 5.97 Å². The standard InChI is InChI=1S/C16H17NO2/c1-11-7-8-15-13(9-16(18)19-2)12-5-3-4-6-14(12)17(15)10-11/h3-8,11H,9-10H2,1-2H3. The highest BCUT2D eigenvalue weighted by Crippen LogP contribution is 2.31. The number of ether oxygens (including phenoxy) is 1. The third-order valence-electron chi connectivity index (χ3n) is 3.72. The van der Waals surface area contributed by atoms with Crippen LogP contribution in [0.15, 0.2) is 30.3 Å². The lowest BCUT2D eigenvalue weighted by Gasteiger charge is -2.17. The molecule has 1 aliphatic rings.